The van der Waals surface area contributed by atoms with Crippen molar-refractivity contribution in [1.29, 1.82) is 0 Å². The van der Waals surface area contributed by atoms with Crippen molar-refractivity contribution in [3.05, 3.63) is 40.3 Å². The van der Waals surface area contributed by atoms with E-state index in [9.17, 15) is 0 Å². The third-order valence-corrected chi connectivity index (χ3v) is 4.96. The Morgan fingerprint density at radius 2 is 2.04 bits per heavy atom. The molecule has 0 N–H and O–H groups in total. The molecule has 0 fully saturated rings. The molecule has 120 valence electrons. The second-order valence-corrected chi connectivity index (χ2v) is 6.74. The summed E-state index contributed by atoms with van der Waals surface area (Å²) in [4.78, 5) is 4.59. The fourth-order valence-corrected chi connectivity index (χ4v) is 3.66. The normalized spacial score (nSPS) is 10.9. The van der Waals surface area contributed by atoms with Gasteiger partial charge in [-0.1, -0.05) is 18.7 Å². The predicted octanol–water partition coefficient (Wildman–Crippen LogP) is 4.45. The second kappa shape index (κ2) is 7.61. The Hall–Kier alpha value is -1.86. The van der Waals surface area contributed by atoms with Gasteiger partial charge >= 0.3 is 0 Å². The van der Waals surface area contributed by atoms with Gasteiger partial charge in [0.1, 0.15) is 5.75 Å². The molecule has 2 heterocycles. The number of aromatic nitrogens is 3. The van der Waals surface area contributed by atoms with E-state index in [1.54, 1.807) is 18.4 Å². The van der Waals surface area contributed by atoms with E-state index in [2.05, 4.69) is 27.5 Å². The van der Waals surface area contributed by atoms with Crippen LogP contribution in [0.5, 0.6) is 5.75 Å². The van der Waals surface area contributed by atoms with Gasteiger partial charge in [0, 0.05) is 16.7 Å². The van der Waals surface area contributed by atoms with Gasteiger partial charge in [0.05, 0.1) is 17.8 Å². The summed E-state index contributed by atoms with van der Waals surface area (Å²) in [7, 11) is 1.64. The lowest BCUT2D eigenvalue weighted by Gasteiger charge is -1.99. The lowest BCUT2D eigenvalue weighted by atomic mass is 10.2. The van der Waals surface area contributed by atoms with E-state index in [-0.39, 0.29) is 0 Å². The SMILES string of the molecule is CCCc1nc(CSc2nnc(-c3ccc(OC)cc3)o2)cs1. The molecule has 23 heavy (non-hydrogen) atoms. The summed E-state index contributed by atoms with van der Waals surface area (Å²) in [5.74, 6) is 2.05. The maximum atomic E-state index is 5.69. The first-order valence-corrected chi connectivity index (χ1v) is 9.19. The molecule has 0 saturated heterocycles. The Balaban J connectivity index is 1.62. The molecule has 0 saturated carbocycles. The zero-order valence-electron chi connectivity index (χ0n) is 13.0. The van der Waals surface area contributed by atoms with E-state index in [0.29, 0.717) is 11.1 Å². The van der Waals surface area contributed by atoms with Crippen LogP contribution in [0, 0.1) is 0 Å². The minimum atomic E-state index is 0.514. The third-order valence-electron chi connectivity index (χ3n) is 3.15. The molecule has 0 atom stereocenters. The third kappa shape index (κ3) is 4.11. The largest absolute Gasteiger partial charge is 0.497 e. The molecule has 2 aromatic heterocycles. The van der Waals surface area contributed by atoms with Crippen molar-refractivity contribution < 1.29 is 9.15 Å². The smallest absolute Gasteiger partial charge is 0.277 e. The summed E-state index contributed by atoms with van der Waals surface area (Å²) >= 11 is 3.22. The van der Waals surface area contributed by atoms with Gasteiger partial charge in [0.25, 0.3) is 5.22 Å². The molecule has 0 aliphatic carbocycles. The molecule has 5 nitrogen and oxygen atoms in total. The highest BCUT2D eigenvalue weighted by Gasteiger charge is 2.10. The molecule has 1 aromatic carbocycles. The average molecular weight is 347 g/mol. The van der Waals surface area contributed by atoms with Crippen LogP contribution in [0.2, 0.25) is 0 Å². The van der Waals surface area contributed by atoms with Crippen molar-refractivity contribution in [3.63, 3.8) is 0 Å². The number of benzene rings is 1. The zero-order chi connectivity index (χ0) is 16.1. The Bertz CT molecular complexity index is 753. The molecule has 0 radical (unpaired) electrons. The predicted molar refractivity (Wildman–Crippen MR) is 92.0 cm³/mol. The minimum Gasteiger partial charge on any atom is -0.497 e. The molecule has 0 spiro atoms. The molecule has 0 unspecified atom stereocenters. The maximum Gasteiger partial charge on any atom is 0.277 e. The van der Waals surface area contributed by atoms with Crippen molar-refractivity contribution in [2.75, 3.05) is 7.11 Å². The van der Waals surface area contributed by atoms with Crippen LogP contribution in [0.25, 0.3) is 11.5 Å². The lowest BCUT2D eigenvalue weighted by Crippen LogP contribution is -1.84. The van der Waals surface area contributed by atoms with Gasteiger partial charge in [0.15, 0.2) is 0 Å². The molecule has 3 rings (SSSR count). The summed E-state index contributed by atoms with van der Waals surface area (Å²) in [6.45, 7) is 2.16. The number of rotatable bonds is 7. The summed E-state index contributed by atoms with van der Waals surface area (Å²) in [6, 6.07) is 7.55. The van der Waals surface area contributed by atoms with Crippen LogP contribution in [-0.4, -0.2) is 22.3 Å². The number of methoxy groups -OCH3 is 1. The van der Waals surface area contributed by atoms with Crippen molar-refractivity contribution >= 4 is 23.1 Å². The van der Waals surface area contributed by atoms with Crippen molar-refractivity contribution in [2.24, 2.45) is 0 Å². The summed E-state index contributed by atoms with van der Waals surface area (Å²) in [5.41, 5.74) is 1.94. The second-order valence-electron chi connectivity index (χ2n) is 4.87. The number of nitrogens with zero attached hydrogens (tertiary/aromatic N) is 3. The lowest BCUT2D eigenvalue weighted by molar-refractivity contribution is 0.414. The Labute approximate surface area is 143 Å². The molecule has 0 bridgehead atoms. The van der Waals surface area contributed by atoms with Crippen LogP contribution < -0.4 is 4.74 Å². The van der Waals surface area contributed by atoms with Gasteiger partial charge in [-0.2, -0.15) is 0 Å². The molecular weight excluding hydrogens is 330 g/mol. The van der Waals surface area contributed by atoms with E-state index >= 15 is 0 Å². The van der Waals surface area contributed by atoms with Crippen LogP contribution in [0.3, 0.4) is 0 Å². The fourth-order valence-electron chi connectivity index (χ4n) is 2.00. The van der Waals surface area contributed by atoms with Gasteiger partial charge < -0.3 is 9.15 Å². The molecular formula is C16H17N3O2S2. The highest BCUT2D eigenvalue weighted by molar-refractivity contribution is 7.98. The highest BCUT2D eigenvalue weighted by atomic mass is 32.2. The first kappa shape index (κ1) is 16.0. The van der Waals surface area contributed by atoms with Crippen LogP contribution in [-0.2, 0) is 12.2 Å². The molecule has 3 aromatic rings. The van der Waals surface area contributed by atoms with Gasteiger partial charge in [-0.15, -0.1) is 21.5 Å². The van der Waals surface area contributed by atoms with Crippen LogP contribution in [0.4, 0.5) is 0 Å². The fraction of sp³-hybridized carbons (Fsp3) is 0.312. The first-order chi connectivity index (χ1) is 11.3. The monoisotopic (exact) mass is 347 g/mol. The Morgan fingerprint density at radius 1 is 1.22 bits per heavy atom. The van der Waals surface area contributed by atoms with E-state index in [1.165, 1.54) is 16.8 Å². The summed E-state index contributed by atoms with van der Waals surface area (Å²) in [5, 5.41) is 12.0. The Kier molecular flexibility index (Phi) is 5.30. The number of aryl methyl sites for hydroxylation is 1. The number of hydrogen-bond acceptors (Lipinski definition) is 7. The van der Waals surface area contributed by atoms with Gasteiger partial charge in [-0.05, 0) is 37.1 Å². The highest BCUT2D eigenvalue weighted by Crippen LogP contribution is 2.27. The number of ether oxygens (including phenoxy) is 1. The van der Waals surface area contributed by atoms with E-state index in [1.807, 2.05) is 24.3 Å². The summed E-state index contributed by atoms with van der Waals surface area (Å²) < 4.78 is 10.8. The number of hydrogen-bond donors (Lipinski definition) is 0. The summed E-state index contributed by atoms with van der Waals surface area (Å²) in [6.07, 6.45) is 2.16. The van der Waals surface area contributed by atoms with E-state index < -0.39 is 0 Å². The molecule has 0 aliphatic heterocycles. The van der Waals surface area contributed by atoms with E-state index in [4.69, 9.17) is 9.15 Å². The Morgan fingerprint density at radius 3 is 2.78 bits per heavy atom. The molecule has 0 aliphatic rings. The quantitative estimate of drug-likeness (QED) is 0.589. The maximum absolute atomic E-state index is 5.69. The number of thioether (sulfide) groups is 1. The molecule has 7 heteroatoms. The van der Waals surface area contributed by atoms with Gasteiger partial charge in [0.2, 0.25) is 5.89 Å². The standard InChI is InChI=1S/C16H17N3O2S2/c1-3-4-14-17-12(9-22-14)10-23-16-19-18-15(21-16)11-5-7-13(20-2)8-6-11/h5-9H,3-4,10H2,1-2H3. The first-order valence-electron chi connectivity index (χ1n) is 7.32. The topological polar surface area (TPSA) is 61.0 Å². The van der Waals surface area contributed by atoms with Gasteiger partial charge in [-0.3, -0.25) is 0 Å². The zero-order valence-corrected chi connectivity index (χ0v) is 14.6. The molecule has 0 amide bonds. The van der Waals surface area contributed by atoms with Crippen LogP contribution in [0.15, 0.2) is 39.3 Å². The van der Waals surface area contributed by atoms with Crippen LogP contribution in [0.1, 0.15) is 24.0 Å². The van der Waals surface area contributed by atoms with Crippen molar-refractivity contribution in [3.8, 4) is 17.2 Å². The van der Waals surface area contributed by atoms with Gasteiger partial charge in [-0.25, -0.2) is 4.98 Å². The van der Waals surface area contributed by atoms with E-state index in [0.717, 1.165) is 35.6 Å². The van der Waals surface area contributed by atoms with Crippen LogP contribution >= 0.6 is 23.1 Å². The average Bonchev–Trinajstić information content (AvgIpc) is 3.23. The van der Waals surface area contributed by atoms with Crippen molar-refractivity contribution in [2.45, 2.75) is 30.7 Å². The van der Waals surface area contributed by atoms with Crippen molar-refractivity contribution in [1.82, 2.24) is 15.2 Å². The number of thiazole rings is 1. The minimum absolute atomic E-state index is 0.514.